The van der Waals surface area contributed by atoms with Gasteiger partial charge < -0.3 is 10.4 Å². The Morgan fingerprint density at radius 2 is 1.69 bits per heavy atom. The highest BCUT2D eigenvalue weighted by Crippen LogP contribution is 2.55. The number of non-ortho nitro benzene ring substituents is 1. The molecular formula is C29H22N4O7S2. The zero-order chi connectivity index (χ0) is 29.7. The number of phenolic OH excluding ortho intramolecular Hbond substituents is 1. The third kappa shape index (κ3) is 4.65. The number of aromatic hydroxyl groups is 1. The molecule has 212 valence electrons. The molecule has 3 aromatic carbocycles. The number of benzene rings is 3. The van der Waals surface area contributed by atoms with Crippen molar-refractivity contribution < 1.29 is 24.4 Å². The van der Waals surface area contributed by atoms with Crippen LogP contribution in [0.25, 0.3) is 0 Å². The molecule has 1 fully saturated rings. The average molecular weight is 603 g/mol. The first-order chi connectivity index (χ1) is 20.1. The second-order valence-corrected chi connectivity index (χ2v) is 12.0. The van der Waals surface area contributed by atoms with Crippen LogP contribution in [0, 0.1) is 23.0 Å². The molecule has 11 nitrogen and oxygen atoms in total. The quantitative estimate of drug-likeness (QED) is 0.189. The standard InChI is InChI=1S/C29H22N4O7S2/c1-15-6-8-16(9-7-15)30-21(35)14-31-28-25(42-29(31)38)22(19-4-2-3-5-20(19)34)23-24(41-28)27(37)32(26(23)36)17-10-12-18(13-11-17)33(39)40/h2-13,22-24,34H,14H2,1H3,(H,30,35)/t22-,23?,24?/m0/s1. The number of anilines is 2. The Morgan fingerprint density at radius 1 is 1.00 bits per heavy atom. The normalized spacial score (nSPS) is 19.4. The van der Waals surface area contributed by atoms with Crippen LogP contribution in [0.4, 0.5) is 17.1 Å². The van der Waals surface area contributed by atoms with Crippen molar-refractivity contribution in [2.75, 3.05) is 10.2 Å². The van der Waals surface area contributed by atoms with Crippen molar-refractivity contribution in [2.45, 2.75) is 29.7 Å². The van der Waals surface area contributed by atoms with E-state index in [1.54, 1.807) is 30.3 Å². The lowest BCUT2D eigenvalue weighted by molar-refractivity contribution is -0.384. The molecule has 1 aromatic heterocycles. The molecule has 13 heteroatoms. The molecule has 6 rings (SSSR count). The van der Waals surface area contributed by atoms with Gasteiger partial charge in [-0.3, -0.25) is 33.9 Å². The van der Waals surface area contributed by atoms with E-state index in [-0.39, 0.29) is 23.7 Å². The topological polar surface area (TPSA) is 152 Å². The van der Waals surface area contributed by atoms with Crippen LogP contribution in [0.3, 0.4) is 0 Å². The fourth-order valence-electron chi connectivity index (χ4n) is 5.30. The lowest BCUT2D eigenvalue weighted by Gasteiger charge is -2.31. The molecular weight excluding hydrogens is 580 g/mol. The maximum Gasteiger partial charge on any atom is 0.308 e. The summed E-state index contributed by atoms with van der Waals surface area (Å²) < 4.78 is 1.30. The van der Waals surface area contributed by atoms with E-state index in [0.29, 0.717) is 21.2 Å². The van der Waals surface area contributed by atoms with E-state index in [2.05, 4.69) is 5.32 Å². The molecule has 2 aliphatic heterocycles. The smallest absolute Gasteiger partial charge is 0.308 e. The van der Waals surface area contributed by atoms with Gasteiger partial charge in [-0.15, -0.1) is 0 Å². The van der Waals surface area contributed by atoms with Crippen LogP contribution in [-0.4, -0.2) is 37.6 Å². The van der Waals surface area contributed by atoms with Gasteiger partial charge in [-0.1, -0.05) is 59.0 Å². The number of thioether (sulfide) groups is 1. The van der Waals surface area contributed by atoms with Crippen LogP contribution in [0.15, 0.2) is 82.6 Å². The first-order valence-electron chi connectivity index (χ1n) is 12.8. The van der Waals surface area contributed by atoms with Gasteiger partial charge in [0, 0.05) is 34.2 Å². The van der Waals surface area contributed by atoms with Gasteiger partial charge >= 0.3 is 4.87 Å². The molecule has 2 unspecified atom stereocenters. The number of imide groups is 1. The number of nitrogens with one attached hydrogen (secondary N) is 1. The number of aromatic nitrogens is 1. The summed E-state index contributed by atoms with van der Waals surface area (Å²) in [5, 5.41) is 24.1. The van der Waals surface area contributed by atoms with Crippen molar-refractivity contribution in [2.24, 2.45) is 5.92 Å². The number of hydrogen-bond donors (Lipinski definition) is 2. The number of fused-ring (bicyclic) bond motifs is 2. The molecule has 0 saturated carbocycles. The monoisotopic (exact) mass is 602 g/mol. The van der Waals surface area contributed by atoms with Crippen molar-refractivity contribution in [1.29, 1.82) is 0 Å². The number of nitro groups is 1. The third-order valence-corrected chi connectivity index (χ3v) is 9.88. The summed E-state index contributed by atoms with van der Waals surface area (Å²) in [6.45, 7) is 1.61. The SMILES string of the molecule is Cc1ccc(NC(=O)Cn2c3c(sc2=O)[C@@H](c2ccccc2O)C2C(=O)N(c4ccc([N+](=O)[O-])cc4)C(=O)C2S3)cc1. The zero-order valence-electron chi connectivity index (χ0n) is 21.9. The Hall–Kier alpha value is -4.75. The second-order valence-electron chi connectivity index (χ2n) is 9.92. The summed E-state index contributed by atoms with van der Waals surface area (Å²) in [5.74, 6) is -3.45. The van der Waals surface area contributed by atoms with Gasteiger partial charge in [-0.25, -0.2) is 4.90 Å². The van der Waals surface area contributed by atoms with Gasteiger partial charge in [0.15, 0.2) is 0 Å². The van der Waals surface area contributed by atoms with Gasteiger partial charge in [0.1, 0.15) is 17.5 Å². The Morgan fingerprint density at radius 3 is 2.36 bits per heavy atom. The lowest BCUT2D eigenvalue weighted by atomic mass is 9.82. The number of thiazole rings is 1. The molecule has 2 aliphatic rings. The van der Waals surface area contributed by atoms with Crippen molar-refractivity contribution in [3.05, 3.63) is 109 Å². The Bertz CT molecular complexity index is 1810. The fraction of sp³-hybridized carbons (Fsp3) is 0.172. The molecule has 1 saturated heterocycles. The van der Waals surface area contributed by atoms with E-state index in [0.717, 1.165) is 33.6 Å². The maximum absolute atomic E-state index is 13.9. The summed E-state index contributed by atoms with van der Waals surface area (Å²) in [6, 6.07) is 18.7. The summed E-state index contributed by atoms with van der Waals surface area (Å²) in [5.41, 5.74) is 1.96. The number of carbonyl (C=O) groups excluding carboxylic acids is 3. The summed E-state index contributed by atoms with van der Waals surface area (Å²) in [6.07, 6.45) is 0. The van der Waals surface area contributed by atoms with Crippen molar-refractivity contribution in [3.63, 3.8) is 0 Å². The van der Waals surface area contributed by atoms with E-state index < -0.39 is 44.6 Å². The van der Waals surface area contributed by atoms with Gasteiger partial charge in [0.25, 0.3) is 5.69 Å². The maximum atomic E-state index is 13.9. The molecule has 2 N–H and O–H groups in total. The first kappa shape index (κ1) is 27.4. The van der Waals surface area contributed by atoms with E-state index in [1.165, 1.54) is 34.9 Å². The number of nitrogens with zero attached hydrogens (tertiary/aromatic N) is 3. The molecule has 4 aromatic rings. The van der Waals surface area contributed by atoms with Crippen LogP contribution < -0.4 is 15.1 Å². The molecule has 3 atom stereocenters. The minimum Gasteiger partial charge on any atom is -0.508 e. The average Bonchev–Trinajstić information content (AvgIpc) is 3.41. The van der Waals surface area contributed by atoms with E-state index in [9.17, 15) is 34.4 Å². The largest absolute Gasteiger partial charge is 0.508 e. The molecule has 0 aliphatic carbocycles. The number of nitro benzene ring substituents is 1. The van der Waals surface area contributed by atoms with Crippen molar-refractivity contribution in [3.8, 4) is 5.75 Å². The van der Waals surface area contributed by atoms with E-state index in [1.807, 2.05) is 19.1 Å². The number of hydrogen-bond acceptors (Lipinski definition) is 9. The summed E-state index contributed by atoms with van der Waals surface area (Å²) in [4.78, 5) is 65.5. The van der Waals surface area contributed by atoms with Gasteiger partial charge in [-0.05, 0) is 37.3 Å². The second kappa shape index (κ2) is 10.6. The fourth-order valence-corrected chi connectivity index (χ4v) is 8.06. The van der Waals surface area contributed by atoms with Crippen LogP contribution in [-0.2, 0) is 20.9 Å². The van der Waals surface area contributed by atoms with Crippen molar-refractivity contribution in [1.82, 2.24) is 4.57 Å². The molecule has 0 bridgehead atoms. The minimum absolute atomic E-state index is 0.0994. The Kier molecular flexibility index (Phi) is 6.91. The number of carbonyl (C=O) groups is 3. The number of rotatable bonds is 6. The zero-order valence-corrected chi connectivity index (χ0v) is 23.6. The van der Waals surface area contributed by atoms with Crippen LogP contribution in [0.5, 0.6) is 5.75 Å². The lowest BCUT2D eigenvalue weighted by Crippen LogP contribution is -2.33. The molecule has 42 heavy (non-hydrogen) atoms. The number of para-hydroxylation sites is 1. The molecule has 3 amide bonds. The summed E-state index contributed by atoms with van der Waals surface area (Å²) in [7, 11) is 0. The van der Waals surface area contributed by atoms with E-state index in [4.69, 9.17) is 0 Å². The predicted molar refractivity (Wildman–Crippen MR) is 157 cm³/mol. The van der Waals surface area contributed by atoms with Crippen molar-refractivity contribution >= 4 is 57.9 Å². The molecule has 0 spiro atoms. The predicted octanol–water partition coefficient (Wildman–Crippen LogP) is 4.27. The van der Waals surface area contributed by atoms with Crippen LogP contribution in [0.1, 0.15) is 21.9 Å². The minimum atomic E-state index is -0.967. The van der Waals surface area contributed by atoms with Crippen LogP contribution in [0.2, 0.25) is 0 Å². The highest BCUT2D eigenvalue weighted by Gasteiger charge is 2.57. The van der Waals surface area contributed by atoms with Gasteiger partial charge in [-0.2, -0.15) is 0 Å². The Balaban J connectivity index is 1.40. The van der Waals surface area contributed by atoms with E-state index >= 15 is 0 Å². The Labute approximate surface area is 246 Å². The summed E-state index contributed by atoms with van der Waals surface area (Å²) >= 11 is 1.91. The number of aryl methyl sites for hydroxylation is 1. The van der Waals surface area contributed by atoms with Crippen LogP contribution >= 0.6 is 23.1 Å². The number of amides is 3. The van der Waals surface area contributed by atoms with Gasteiger partial charge in [0.05, 0.1) is 21.6 Å². The molecule has 3 heterocycles. The number of phenols is 1. The third-order valence-electron chi connectivity index (χ3n) is 7.28. The first-order valence-corrected chi connectivity index (χ1v) is 14.5. The highest BCUT2D eigenvalue weighted by molar-refractivity contribution is 8.00. The highest BCUT2D eigenvalue weighted by atomic mass is 32.2. The molecule has 0 radical (unpaired) electrons. The van der Waals surface area contributed by atoms with Gasteiger partial charge in [0.2, 0.25) is 17.7 Å².